The molecule has 2 heterocycles. The van der Waals surface area contributed by atoms with E-state index in [0.717, 1.165) is 45.4 Å². The Kier molecular flexibility index (Phi) is 6.81. The Balaban J connectivity index is 1.08. The molecule has 0 spiro atoms. The summed E-state index contributed by atoms with van der Waals surface area (Å²) in [5.41, 5.74) is 13.7. The average Bonchev–Trinajstić information content (AvgIpc) is 3.54. The van der Waals surface area contributed by atoms with E-state index in [1.54, 1.807) is 0 Å². The highest BCUT2D eigenvalue weighted by Gasteiger charge is 2.26. The molecule has 240 valence electrons. The third-order valence-electron chi connectivity index (χ3n) is 9.96. The third kappa shape index (κ3) is 4.98. The van der Waals surface area contributed by atoms with Gasteiger partial charge in [0.15, 0.2) is 11.5 Å². The molecule has 0 radical (unpaired) electrons. The van der Waals surface area contributed by atoms with E-state index >= 15 is 0 Å². The number of para-hydroxylation sites is 3. The number of fused-ring (bicyclic) bond motifs is 5. The molecule has 10 rings (SSSR count). The van der Waals surface area contributed by atoms with E-state index < -0.39 is 0 Å². The van der Waals surface area contributed by atoms with Crippen molar-refractivity contribution in [3.05, 3.63) is 194 Å². The van der Waals surface area contributed by atoms with Crippen LogP contribution in [0, 0.1) is 0 Å². The van der Waals surface area contributed by atoms with Crippen molar-refractivity contribution in [3.8, 4) is 50.6 Å². The molecule has 0 amide bonds. The molecule has 3 nitrogen and oxygen atoms in total. The average molecular weight is 653 g/mol. The predicted molar refractivity (Wildman–Crippen MR) is 212 cm³/mol. The fourth-order valence-electron chi connectivity index (χ4n) is 7.56. The summed E-state index contributed by atoms with van der Waals surface area (Å²) in [6.07, 6.45) is 0. The standard InChI is InChI=1S/C48H32N2O/c1-3-13-33(14-4-1)35-17-11-19-39(29-35)49-43-22-8-7-21-41(43)42-31-37(25-27-44(42)49)38-26-28-46-48(32-38)51-47-24-10-9-23-45(47)50(46)40-20-12-18-36(30-40)34-15-5-2-6-16-34/h1-32H. The Morgan fingerprint density at radius 3 is 1.65 bits per heavy atom. The lowest BCUT2D eigenvalue weighted by Crippen LogP contribution is -2.15. The van der Waals surface area contributed by atoms with Gasteiger partial charge in [0, 0.05) is 22.1 Å². The minimum atomic E-state index is 0.830. The number of hydrogen-bond acceptors (Lipinski definition) is 2. The molecule has 0 bridgehead atoms. The highest BCUT2D eigenvalue weighted by Crippen LogP contribution is 2.51. The maximum Gasteiger partial charge on any atom is 0.152 e. The van der Waals surface area contributed by atoms with Gasteiger partial charge in [-0.2, -0.15) is 0 Å². The van der Waals surface area contributed by atoms with Crippen LogP contribution in [0.5, 0.6) is 11.5 Å². The van der Waals surface area contributed by atoms with E-state index in [4.69, 9.17) is 4.74 Å². The number of nitrogens with zero attached hydrogens (tertiary/aromatic N) is 2. The second-order valence-electron chi connectivity index (χ2n) is 13.0. The van der Waals surface area contributed by atoms with Crippen LogP contribution in [-0.4, -0.2) is 4.57 Å². The van der Waals surface area contributed by atoms with E-state index in [0.29, 0.717) is 0 Å². The Labute approximate surface area is 296 Å². The molecule has 0 unspecified atom stereocenters. The van der Waals surface area contributed by atoms with Gasteiger partial charge in [0.05, 0.1) is 22.4 Å². The zero-order valence-corrected chi connectivity index (χ0v) is 27.8. The van der Waals surface area contributed by atoms with Gasteiger partial charge in [-0.25, -0.2) is 0 Å². The number of rotatable bonds is 5. The maximum atomic E-state index is 6.63. The van der Waals surface area contributed by atoms with Crippen molar-refractivity contribution < 1.29 is 4.74 Å². The van der Waals surface area contributed by atoms with Crippen LogP contribution >= 0.6 is 0 Å². The van der Waals surface area contributed by atoms with Crippen LogP contribution in [0.2, 0.25) is 0 Å². The van der Waals surface area contributed by atoms with Crippen molar-refractivity contribution in [1.29, 1.82) is 0 Å². The van der Waals surface area contributed by atoms with E-state index in [1.165, 1.54) is 44.1 Å². The van der Waals surface area contributed by atoms with E-state index in [-0.39, 0.29) is 0 Å². The Bertz CT molecular complexity index is 2730. The normalized spacial score (nSPS) is 12.0. The van der Waals surface area contributed by atoms with E-state index in [2.05, 4.69) is 191 Å². The SMILES string of the molecule is c1ccc(-c2cccc(N3c4ccccc4Oc4cc(-c5ccc6c(c5)c5ccccc5n6-c5cccc(-c6ccccc6)c5)ccc43)c2)cc1. The molecular formula is C48H32N2O. The van der Waals surface area contributed by atoms with Crippen LogP contribution in [0.4, 0.5) is 17.1 Å². The molecule has 0 atom stereocenters. The summed E-state index contributed by atoms with van der Waals surface area (Å²) in [4.78, 5) is 2.31. The number of ether oxygens (including phenoxy) is 1. The second kappa shape index (κ2) is 11.9. The van der Waals surface area contributed by atoms with Crippen molar-refractivity contribution in [2.45, 2.75) is 0 Å². The van der Waals surface area contributed by atoms with Gasteiger partial charge in [-0.05, 0) is 100 Å². The summed E-state index contributed by atoms with van der Waals surface area (Å²) in [7, 11) is 0. The van der Waals surface area contributed by atoms with Gasteiger partial charge in [0.1, 0.15) is 0 Å². The molecule has 3 heteroatoms. The Morgan fingerprint density at radius 2 is 0.863 bits per heavy atom. The van der Waals surface area contributed by atoms with Gasteiger partial charge >= 0.3 is 0 Å². The van der Waals surface area contributed by atoms with Gasteiger partial charge < -0.3 is 14.2 Å². The van der Waals surface area contributed by atoms with Crippen molar-refractivity contribution in [3.63, 3.8) is 0 Å². The summed E-state index contributed by atoms with van der Waals surface area (Å²) in [6.45, 7) is 0. The summed E-state index contributed by atoms with van der Waals surface area (Å²) in [5, 5.41) is 2.45. The number of hydrogen-bond donors (Lipinski definition) is 0. The molecule has 0 saturated carbocycles. The summed E-state index contributed by atoms with van der Waals surface area (Å²) in [6, 6.07) is 69.1. The molecule has 1 aliphatic heterocycles. The minimum Gasteiger partial charge on any atom is -0.453 e. The minimum absolute atomic E-state index is 0.830. The lowest BCUT2D eigenvalue weighted by molar-refractivity contribution is 0.477. The van der Waals surface area contributed by atoms with Crippen LogP contribution in [0.15, 0.2) is 194 Å². The van der Waals surface area contributed by atoms with Crippen LogP contribution in [0.25, 0.3) is 60.9 Å². The van der Waals surface area contributed by atoms with Gasteiger partial charge in [-0.1, -0.05) is 127 Å². The zero-order chi connectivity index (χ0) is 33.7. The number of aromatic nitrogens is 1. The molecule has 51 heavy (non-hydrogen) atoms. The lowest BCUT2D eigenvalue weighted by atomic mass is 10.0. The smallest absolute Gasteiger partial charge is 0.152 e. The Morgan fingerprint density at radius 1 is 0.314 bits per heavy atom. The molecule has 9 aromatic rings. The quantitative estimate of drug-likeness (QED) is 0.184. The fraction of sp³-hybridized carbons (Fsp3) is 0. The summed E-state index contributed by atoms with van der Waals surface area (Å²) >= 11 is 0. The lowest BCUT2D eigenvalue weighted by Gasteiger charge is -2.33. The van der Waals surface area contributed by atoms with Crippen LogP contribution in [-0.2, 0) is 0 Å². The van der Waals surface area contributed by atoms with Crippen molar-refractivity contribution in [2.24, 2.45) is 0 Å². The topological polar surface area (TPSA) is 17.4 Å². The van der Waals surface area contributed by atoms with Gasteiger partial charge in [-0.3, -0.25) is 0 Å². The van der Waals surface area contributed by atoms with Gasteiger partial charge in [0.2, 0.25) is 0 Å². The summed E-state index contributed by atoms with van der Waals surface area (Å²) in [5.74, 6) is 1.67. The second-order valence-corrected chi connectivity index (χ2v) is 13.0. The van der Waals surface area contributed by atoms with Gasteiger partial charge in [-0.15, -0.1) is 0 Å². The summed E-state index contributed by atoms with van der Waals surface area (Å²) < 4.78 is 9.01. The number of benzene rings is 8. The molecule has 0 saturated heterocycles. The van der Waals surface area contributed by atoms with E-state index in [1.807, 2.05) is 12.1 Å². The first kappa shape index (κ1) is 29.1. The fourth-order valence-corrected chi connectivity index (χ4v) is 7.56. The molecule has 8 aromatic carbocycles. The van der Waals surface area contributed by atoms with Crippen molar-refractivity contribution in [2.75, 3.05) is 4.90 Å². The highest BCUT2D eigenvalue weighted by atomic mass is 16.5. The van der Waals surface area contributed by atoms with Crippen LogP contribution in [0.3, 0.4) is 0 Å². The van der Waals surface area contributed by atoms with Crippen molar-refractivity contribution in [1.82, 2.24) is 4.57 Å². The van der Waals surface area contributed by atoms with Crippen LogP contribution in [0.1, 0.15) is 0 Å². The zero-order valence-electron chi connectivity index (χ0n) is 27.8. The first-order valence-corrected chi connectivity index (χ1v) is 17.3. The molecular weight excluding hydrogens is 621 g/mol. The van der Waals surface area contributed by atoms with Crippen LogP contribution < -0.4 is 9.64 Å². The van der Waals surface area contributed by atoms with E-state index in [9.17, 15) is 0 Å². The maximum absolute atomic E-state index is 6.63. The number of anilines is 3. The van der Waals surface area contributed by atoms with Crippen molar-refractivity contribution >= 4 is 38.9 Å². The first-order valence-electron chi connectivity index (χ1n) is 17.3. The molecule has 0 fully saturated rings. The largest absolute Gasteiger partial charge is 0.453 e. The predicted octanol–water partition coefficient (Wildman–Crippen LogP) is 13.4. The molecule has 1 aromatic heterocycles. The Hall–Kier alpha value is -6.84. The monoisotopic (exact) mass is 652 g/mol. The molecule has 0 aliphatic carbocycles. The molecule has 0 N–H and O–H groups in total. The van der Waals surface area contributed by atoms with Gasteiger partial charge in [0.25, 0.3) is 0 Å². The highest BCUT2D eigenvalue weighted by molar-refractivity contribution is 6.10. The third-order valence-corrected chi connectivity index (χ3v) is 9.96. The first-order chi connectivity index (χ1) is 25.3. The molecule has 1 aliphatic rings.